The van der Waals surface area contributed by atoms with Gasteiger partial charge >= 0.3 is 0 Å². The number of aromatic nitrogens is 4. The third kappa shape index (κ3) is 4.63. The molecule has 0 aliphatic heterocycles. The minimum absolute atomic E-state index is 0.152. The van der Waals surface area contributed by atoms with Crippen LogP contribution in [-0.4, -0.2) is 32.6 Å². The zero-order valence-corrected chi connectivity index (χ0v) is 16.1. The van der Waals surface area contributed by atoms with Crippen molar-refractivity contribution in [1.82, 2.24) is 19.6 Å². The van der Waals surface area contributed by atoms with E-state index in [0.29, 0.717) is 23.2 Å². The van der Waals surface area contributed by atoms with Crippen LogP contribution in [0.25, 0.3) is 0 Å². The summed E-state index contributed by atoms with van der Waals surface area (Å²) in [4.78, 5) is 12.2. The number of carbonyl (C=O) groups excluding carboxylic acids is 1. The van der Waals surface area contributed by atoms with Gasteiger partial charge in [-0.25, -0.2) is 9.36 Å². The van der Waals surface area contributed by atoms with Crippen molar-refractivity contribution in [3.05, 3.63) is 58.0 Å². The van der Waals surface area contributed by atoms with Gasteiger partial charge in [0.1, 0.15) is 12.5 Å². The molecule has 0 fully saturated rings. The van der Waals surface area contributed by atoms with Gasteiger partial charge in [0.25, 0.3) is 5.91 Å². The summed E-state index contributed by atoms with van der Waals surface area (Å²) in [7, 11) is 1.57. The SMILES string of the molecule is COCn1cc(NC(=O)c2ccn(COc3ccc(Cl)cc3Br)n2)cn1. The second kappa shape index (κ2) is 8.35. The van der Waals surface area contributed by atoms with E-state index in [1.807, 2.05) is 0 Å². The maximum atomic E-state index is 12.2. The maximum absolute atomic E-state index is 12.2. The zero-order valence-electron chi connectivity index (χ0n) is 13.7. The topological polar surface area (TPSA) is 83.2 Å². The van der Waals surface area contributed by atoms with Crippen molar-refractivity contribution in [2.24, 2.45) is 0 Å². The predicted molar refractivity (Wildman–Crippen MR) is 99.2 cm³/mol. The van der Waals surface area contributed by atoms with Crippen molar-refractivity contribution in [2.45, 2.75) is 13.5 Å². The molecule has 2 heterocycles. The van der Waals surface area contributed by atoms with Crippen LogP contribution in [0.4, 0.5) is 5.69 Å². The van der Waals surface area contributed by atoms with Crippen molar-refractivity contribution >= 4 is 39.1 Å². The molecule has 1 aromatic carbocycles. The summed E-state index contributed by atoms with van der Waals surface area (Å²) < 4.78 is 14.4. The number of nitrogens with one attached hydrogen (secondary N) is 1. The molecule has 0 atom stereocenters. The van der Waals surface area contributed by atoms with Crippen LogP contribution in [0.5, 0.6) is 5.75 Å². The number of rotatable bonds is 7. The van der Waals surface area contributed by atoms with Crippen molar-refractivity contribution in [1.29, 1.82) is 0 Å². The Morgan fingerprint density at radius 3 is 2.92 bits per heavy atom. The molecule has 1 N–H and O–H groups in total. The molecular formula is C16H15BrClN5O3. The lowest BCUT2D eigenvalue weighted by molar-refractivity contribution is 0.102. The second-order valence-electron chi connectivity index (χ2n) is 5.23. The van der Waals surface area contributed by atoms with Crippen LogP contribution < -0.4 is 10.1 Å². The lowest BCUT2D eigenvalue weighted by Crippen LogP contribution is -2.14. The molecule has 0 spiro atoms. The molecule has 10 heteroatoms. The van der Waals surface area contributed by atoms with Crippen molar-refractivity contribution < 1.29 is 14.3 Å². The molecule has 3 aromatic rings. The summed E-state index contributed by atoms with van der Waals surface area (Å²) in [5, 5.41) is 11.6. The maximum Gasteiger partial charge on any atom is 0.276 e. The van der Waals surface area contributed by atoms with Gasteiger partial charge < -0.3 is 14.8 Å². The van der Waals surface area contributed by atoms with Crippen LogP contribution in [0.1, 0.15) is 10.5 Å². The Labute approximate surface area is 162 Å². The number of anilines is 1. The predicted octanol–water partition coefficient (Wildman–Crippen LogP) is 3.39. The number of nitrogens with zero attached hydrogens (tertiary/aromatic N) is 4. The van der Waals surface area contributed by atoms with Gasteiger partial charge in [0.05, 0.1) is 22.6 Å². The van der Waals surface area contributed by atoms with E-state index in [2.05, 4.69) is 31.4 Å². The lowest BCUT2D eigenvalue weighted by Gasteiger charge is -2.08. The Bertz CT molecular complexity index is 911. The molecule has 0 radical (unpaired) electrons. The Hall–Kier alpha value is -2.36. The van der Waals surface area contributed by atoms with Crippen molar-refractivity contribution in [3.63, 3.8) is 0 Å². The number of carbonyl (C=O) groups is 1. The van der Waals surface area contributed by atoms with Crippen LogP contribution >= 0.6 is 27.5 Å². The van der Waals surface area contributed by atoms with Gasteiger partial charge in [0, 0.05) is 18.3 Å². The summed E-state index contributed by atoms with van der Waals surface area (Å²) in [5.74, 6) is 0.287. The smallest absolute Gasteiger partial charge is 0.276 e. The monoisotopic (exact) mass is 439 g/mol. The highest BCUT2D eigenvalue weighted by atomic mass is 79.9. The van der Waals surface area contributed by atoms with Gasteiger partial charge in [-0.3, -0.25) is 4.79 Å². The van der Waals surface area contributed by atoms with Gasteiger partial charge in [-0.2, -0.15) is 10.2 Å². The van der Waals surface area contributed by atoms with Crippen molar-refractivity contribution in [2.75, 3.05) is 12.4 Å². The van der Waals surface area contributed by atoms with Gasteiger partial charge in [-0.05, 0) is 40.2 Å². The van der Waals surface area contributed by atoms with E-state index in [1.54, 1.807) is 48.5 Å². The zero-order chi connectivity index (χ0) is 18.5. The molecular weight excluding hydrogens is 426 g/mol. The summed E-state index contributed by atoms with van der Waals surface area (Å²) >= 11 is 9.28. The molecule has 0 aliphatic rings. The summed E-state index contributed by atoms with van der Waals surface area (Å²) in [6, 6.07) is 6.83. The first kappa shape index (κ1) is 18.4. The Kier molecular flexibility index (Phi) is 5.92. The van der Waals surface area contributed by atoms with Crippen LogP contribution in [0, 0.1) is 0 Å². The van der Waals surface area contributed by atoms with Gasteiger partial charge in [0.15, 0.2) is 12.4 Å². The highest BCUT2D eigenvalue weighted by molar-refractivity contribution is 9.10. The van der Waals surface area contributed by atoms with Crippen LogP contribution in [0.3, 0.4) is 0 Å². The molecule has 3 rings (SSSR count). The molecule has 0 saturated carbocycles. The summed E-state index contributed by atoms with van der Waals surface area (Å²) in [5.41, 5.74) is 0.825. The largest absolute Gasteiger partial charge is 0.470 e. The number of ether oxygens (including phenoxy) is 2. The number of methoxy groups -OCH3 is 1. The molecule has 136 valence electrons. The molecule has 0 unspecified atom stereocenters. The first-order chi connectivity index (χ1) is 12.5. The standard InChI is InChI=1S/C16H15BrClN5O3/c1-25-9-23-8-12(7-19-23)20-16(24)14-4-5-22(21-14)10-26-15-3-2-11(18)6-13(15)17/h2-8H,9-10H2,1H3,(H,20,24). The molecule has 0 saturated heterocycles. The van der Waals surface area contributed by atoms with Gasteiger partial charge in [0.2, 0.25) is 0 Å². The number of halogens is 2. The molecule has 8 nitrogen and oxygen atoms in total. The van der Waals surface area contributed by atoms with Gasteiger partial charge in [-0.15, -0.1) is 0 Å². The number of hydrogen-bond acceptors (Lipinski definition) is 5. The highest BCUT2D eigenvalue weighted by Gasteiger charge is 2.11. The average molecular weight is 441 g/mol. The number of amides is 1. The third-order valence-electron chi connectivity index (χ3n) is 3.27. The second-order valence-corrected chi connectivity index (χ2v) is 6.52. The third-order valence-corrected chi connectivity index (χ3v) is 4.13. The molecule has 0 aliphatic carbocycles. The lowest BCUT2D eigenvalue weighted by atomic mass is 10.3. The fraction of sp³-hybridized carbons (Fsp3) is 0.188. The van der Waals surface area contributed by atoms with Crippen LogP contribution in [0.15, 0.2) is 47.3 Å². The first-order valence-electron chi connectivity index (χ1n) is 7.49. The summed E-state index contributed by atoms with van der Waals surface area (Å²) in [6.45, 7) is 0.460. The normalized spacial score (nSPS) is 10.7. The van der Waals surface area contributed by atoms with E-state index in [-0.39, 0.29) is 18.3 Å². The quantitative estimate of drug-likeness (QED) is 0.609. The van der Waals surface area contributed by atoms with Crippen LogP contribution in [-0.2, 0) is 18.2 Å². The minimum atomic E-state index is -0.339. The fourth-order valence-electron chi connectivity index (χ4n) is 2.11. The molecule has 26 heavy (non-hydrogen) atoms. The van der Waals surface area contributed by atoms with Crippen LogP contribution in [0.2, 0.25) is 5.02 Å². The van der Waals surface area contributed by atoms with E-state index in [1.165, 1.54) is 10.9 Å². The van der Waals surface area contributed by atoms with E-state index >= 15 is 0 Å². The highest BCUT2D eigenvalue weighted by Crippen LogP contribution is 2.28. The molecule has 0 bridgehead atoms. The van der Waals surface area contributed by atoms with E-state index in [0.717, 1.165) is 4.47 Å². The summed E-state index contributed by atoms with van der Waals surface area (Å²) in [6.07, 6.45) is 4.86. The average Bonchev–Trinajstić information content (AvgIpc) is 3.24. The van der Waals surface area contributed by atoms with Gasteiger partial charge in [-0.1, -0.05) is 11.6 Å². The Morgan fingerprint density at radius 2 is 2.15 bits per heavy atom. The van der Waals surface area contributed by atoms with E-state index < -0.39 is 0 Å². The minimum Gasteiger partial charge on any atom is -0.470 e. The fourth-order valence-corrected chi connectivity index (χ4v) is 2.91. The van der Waals surface area contributed by atoms with Crippen molar-refractivity contribution in [3.8, 4) is 5.75 Å². The molecule has 2 aromatic heterocycles. The Balaban J connectivity index is 1.58. The first-order valence-corrected chi connectivity index (χ1v) is 8.66. The molecule has 1 amide bonds. The van der Waals surface area contributed by atoms with E-state index in [4.69, 9.17) is 21.1 Å². The Morgan fingerprint density at radius 1 is 1.31 bits per heavy atom. The number of benzene rings is 1. The van der Waals surface area contributed by atoms with E-state index in [9.17, 15) is 4.79 Å². The number of hydrogen-bond donors (Lipinski definition) is 1.